The van der Waals surface area contributed by atoms with Gasteiger partial charge in [-0.05, 0) is 55.5 Å². The minimum atomic E-state index is -1.04. The fraction of sp³-hybridized carbons (Fsp3) is 0.333. The van der Waals surface area contributed by atoms with E-state index < -0.39 is 23.0 Å². The van der Waals surface area contributed by atoms with Gasteiger partial charge in [0.15, 0.2) is 0 Å². The molecule has 0 amide bonds. The van der Waals surface area contributed by atoms with E-state index in [0.29, 0.717) is 21.2 Å². The van der Waals surface area contributed by atoms with Gasteiger partial charge in [-0.2, -0.15) is 0 Å². The summed E-state index contributed by atoms with van der Waals surface area (Å²) in [6.07, 6.45) is 0. The molecule has 0 bridgehead atoms. The number of carbonyl (C=O) groups excluding carboxylic acids is 2. The number of benzene rings is 2. The van der Waals surface area contributed by atoms with Crippen LogP contribution < -0.4 is 0 Å². The van der Waals surface area contributed by atoms with E-state index in [1.54, 1.807) is 55.5 Å². The quantitative estimate of drug-likeness (QED) is 0.585. The Morgan fingerprint density at radius 3 is 1.59 bits per heavy atom. The van der Waals surface area contributed by atoms with Gasteiger partial charge in [0.2, 0.25) is 0 Å². The van der Waals surface area contributed by atoms with Crippen LogP contribution in [0.25, 0.3) is 0 Å². The van der Waals surface area contributed by atoms with Crippen molar-refractivity contribution < 1.29 is 19.1 Å². The summed E-state index contributed by atoms with van der Waals surface area (Å²) in [5, 5.41) is 1.06. The molecule has 0 heterocycles. The van der Waals surface area contributed by atoms with Crippen LogP contribution in [0.1, 0.15) is 48.4 Å². The van der Waals surface area contributed by atoms with Crippen LogP contribution in [0.15, 0.2) is 48.5 Å². The summed E-state index contributed by atoms with van der Waals surface area (Å²) in [4.78, 5) is 24.9. The fourth-order valence-corrected chi connectivity index (χ4v) is 2.37. The van der Waals surface area contributed by atoms with Crippen molar-refractivity contribution in [2.45, 2.75) is 33.3 Å². The highest BCUT2D eigenvalue weighted by molar-refractivity contribution is 6.30. The zero-order valence-electron chi connectivity index (χ0n) is 15.7. The molecule has 0 aromatic heterocycles. The SMILES string of the molecule is CC(C)(C)C(C)(COC(=O)c1ccc(Cl)cc1)OC(=O)c1ccc(Cl)cc1. The average Bonchev–Trinajstić information content (AvgIpc) is 2.60. The van der Waals surface area contributed by atoms with Gasteiger partial charge in [-0.15, -0.1) is 0 Å². The highest BCUT2D eigenvalue weighted by atomic mass is 35.5. The van der Waals surface area contributed by atoms with E-state index in [1.807, 2.05) is 20.8 Å². The number of hydrogen-bond acceptors (Lipinski definition) is 4. The van der Waals surface area contributed by atoms with E-state index >= 15 is 0 Å². The molecule has 0 aliphatic carbocycles. The van der Waals surface area contributed by atoms with Crippen LogP contribution in [-0.2, 0) is 9.47 Å². The van der Waals surface area contributed by atoms with Crippen LogP contribution in [0.4, 0.5) is 0 Å². The van der Waals surface area contributed by atoms with Crippen LogP contribution in [0.2, 0.25) is 10.0 Å². The van der Waals surface area contributed by atoms with Gasteiger partial charge in [0.1, 0.15) is 12.2 Å². The van der Waals surface area contributed by atoms with Crippen molar-refractivity contribution in [2.24, 2.45) is 5.41 Å². The molecular weight excluding hydrogens is 387 g/mol. The number of hydrogen-bond donors (Lipinski definition) is 0. The van der Waals surface area contributed by atoms with E-state index in [9.17, 15) is 9.59 Å². The van der Waals surface area contributed by atoms with Crippen LogP contribution in [0, 0.1) is 5.41 Å². The van der Waals surface area contributed by atoms with E-state index in [1.165, 1.54) is 0 Å². The second-order valence-corrected chi connectivity index (χ2v) is 8.33. The van der Waals surface area contributed by atoms with Gasteiger partial charge in [-0.25, -0.2) is 9.59 Å². The summed E-state index contributed by atoms with van der Waals surface area (Å²) in [5.74, 6) is -1.02. The zero-order valence-corrected chi connectivity index (χ0v) is 17.2. The molecule has 1 atom stereocenters. The number of halogens is 2. The summed E-state index contributed by atoms with van der Waals surface area (Å²) in [6.45, 7) is 7.40. The lowest BCUT2D eigenvalue weighted by Crippen LogP contribution is -2.48. The largest absolute Gasteiger partial charge is 0.458 e. The summed E-state index contributed by atoms with van der Waals surface area (Å²) < 4.78 is 11.2. The first-order chi connectivity index (χ1) is 12.5. The molecule has 0 radical (unpaired) electrons. The summed E-state index contributed by atoms with van der Waals surface area (Å²) in [6, 6.07) is 12.8. The molecule has 0 saturated heterocycles. The maximum absolute atomic E-state index is 12.5. The van der Waals surface area contributed by atoms with Crippen molar-refractivity contribution in [3.05, 3.63) is 69.7 Å². The van der Waals surface area contributed by atoms with Crippen molar-refractivity contribution in [1.82, 2.24) is 0 Å². The summed E-state index contributed by atoms with van der Waals surface area (Å²) in [7, 11) is 0. The average molecular weight is 409 g/mol. The molecule has 0 spiro atoms. The Labute approximate surface area is 169 Å². The Hall–Kier alpha value is -2.04. The number of carbonyl (C=O) groups is 2. The first-order valence-electron chi connectivity index (χ1n) is 8.43. The summed E-state index contributed by atoms with van der Waals surface area (Å²) >= 11 is 11.7. The normalized spacial score (nSPS) is 13.6. The second-order valence-electron chi connectivity index (χ2n) is 7.46. The standard InChI is InChI=1S/C21H22Cl2O4/c1-20(2,3)21(4,27-19(25)15-7-11-17(23)12-8-15)13-26-18(24)14-5-9-16(22)10-6-14/h5-12H,13H2,1-4H3. The molecule has 6 heteroatoms. The molecule has 144 valence electrons. The lowest BCUT2D eigenvalue weighted by Gasteiger charge is -2.40. The van der Waals surface area contributed by atoms with E-state index in [0.717, 1.165) is 0 Å². The molecular formula is C21H22Cl2O4. The third-order valence-electron chi connectivity index (χ3n) is 4.54. The molecule has 2 rings (SSSR count). The van der Waals surface area contributed by atoms with E-state index in [2.05, 4.69) is 0 Å². The first kappa shape index (κ1) is 21.3. The molecule has 2 aromatic rings. The van der Waals surface area contributed by atoms with Gasteiger partial charge in [0.25, 0.3) is 0 Å². The van der Waals surface area contributed by atoms with Crippen LogP contribution >= 0.6 is 23.2 Å². The second kappa shape index (κ2) is 8.32. The Morgan fingerprint density at radius 1 is 0.778 bits per heavy atom. The van der Waals surface area contributed by atoms with Crippen LogP contribution in [0.3, 0.4) is 0 Å². The van der Waals surface area contributed by atoms with Gasteiger partial charge < -0.3 is 9.47 Å². The molecule has 0 saturated carbocycles. The van der Waals surface area contributed by atoms with Gasteiger partial charge in [-0.1, -0.05) is 44.0 Å². The first-order valence-corrected chi connectivity index (χ1v) is 9.19. The third-order valence-corrected chi connectivity index (χ3v) is 5.05. The molecule has 0 aliphatic rings. The van der Waals surface area contributed by atoms with Gasteiger partial charge in [-0.3, -0.25) is 0 Å². The fourth-order valence-electron chi connectivity index (χ4n) is 2.12. The van der Waals surface area contributed by atoms with Crippen LogP contribution in [0.5, 0.6) is 0 Å². The van der Waals surface area contributed by atoms with Crippen LogP contribution in [-0.4, -0.2) is 24.1 Å². The number of ether oxygens (including phenoxy) is 2. The zero-order chi connectivity index (χ0) is 20.2. The minimum Gasteiger partial charge on any atom is -0.458 e. The smallest absolute Gasteiger partial charge is 0.338 e. The van der Waals surface area contributed by atoms with Crippen molar-refractivity contribution in [1.29, 1.82) is 0 Å². The van der Waals surface area contributed by atoms with Crippen molar-refractivity contribution in [2.75, 3.05) is 6.61 Å². The van der Waals surface area contributed by atoms with Gasteiger partial charge in [0, 0.05) is 15.5 Å². The third kappa shape index (κ3) is 5.47. The maximum atomic E-state index is 12.5. The van der Waals surface area contributed by atoms with Crippen molar-refractivity contribution in [3.8, 4) is 0 Å². The molecule has 1 unspecified atom stereocenters. The Morgan fingerprint density at radius 2 is 1.19 bits per heavy atom. The monoisotopic (exact) mass is 408 g/mol. The molecule has 4 nitrogen and oxygen atoms in total. The molecule has 0 N–H and O–H groups in total. The topological polar surface area (TPSA) is 52.6 Å². The number of rotatable bonds is 5. The molecule has 0 fully saturated rings. The van der Waals surface area contributed by atoms with Gasteiger partial charge >= 0.3 is 11.9 Å². The predicted molar refractivity (Wildman–Crippen MR) is 106 cm³/mol. The molecule has 2 aromatic carbocycles. The maximum Gasteiger partial charge on any atom is 0.338 e. The van der Waals surface area contributed by atoms with E-state index in [4.69, 9.17) is 32.7 Å². The van der Waals surface area contributed by atoms with Gasteiger partial charge in [0.05, 0.1) is 11.1 Å². The summed E-state index contributed by atoms with van der Waals surface area (Å²) in [5.41, 5.74) is -0.764. The molecule has 0 aliphatic heterocycles. The highest BCUT2D eigenvalue weighted by Crippen LogP contribution is 2.35. The van der Waals surface area contributed by atoms with Crippen molar-refractivity contribution >= 4 is 35.1 Å². The Kier molecular flexibility index (Phi) is 6.55. The Bertz CT molecular complexity index is 808. The number of esters is 2. The lowest BCUT2D eigenvalue weighted by molar-refractivity contribution is -0.0996. The predicted octanol–water partition coefficient (Wildman–Crippen LogP) is 5.81. The minimum absolute atomic E-state index is 0.0860. The highest BCUT2D eigenvalue weighted by Gasteiger charge is 2.43. The Balaban J connectivity index is 2.13. The molecule has 27 heavy (non-hydrogen) atoms. The van der Waals surface area contributed by atoms with E-state index in [-0.39, 0.29) is 6.61 Å². The van der Waals surface area contributed by atoms with Crippen molar-refractivity contribution in [3.63, 3.8) is 0 Å². The lowest BCUT2D eigenvalue weighted by atomic mass is 9.78.